The standard InChI is InChI=1S/C24H22ClN3O/c25-23-9-6-19-10-12-27-13-11-22(19)24(23)28-16-17-4-7-20(8-5-17)29-21-3-1-2-18(14-21)15-26/h1-9,14,27-28H,10-13,16H2. The molecule has 0 bridgehead atoms. The highest BCUT2D eigenvalue weighted by molar-refractivity contribution is 6.33. The molecule has 1 heterocycles. The summed E-state index contributed by atoms with van der Waals surface area (Å²) in [5.74, 6) is 1.39. The Hall–Kier alpha value is -3.00. The van der Waals surface area contributed by atoms with Gasteiger partial charge in [0.25, 0.3) is 0 Å². The van der Waals surface area contributed by atoms with Gasteiger partial charge in [0.1, 0.15) is 11.5 Å². The van der Waals surface area contributed by atoms with Gasteiger partial charge in [0.05, 0.1) is 22.3 Å². The molecule has 4 rings (SSSR count). The third kappa shape index (κ3) is 4.71. The number of hydrogen-bond donors (Lipinski definition) is 2. The summed E-state index contributed by atoms with van der Waals surface area (Å²) in [5, 5.41) is 16.7. The molecule has 0 aromatic heterocycles. The van der Waals surface area contributed by atoms with Gasteiger partial charge in [-0.15, -0.1) is 0 Å². The van der Waals surface area contributed by atoms with Crippen molar-refractivity contribution in [2.24, 2.45) is 0 Å². The third-order valence-electron chi connectivity index (χ3n) is 5.07. The van der Waals surface area contributed by atoms with Crippen molar-refractivity contribution >= 4 is 17.3 Å². The molecular weight excluding hydrogens is 382 g/mol. The molecule has 3 aromatic rings. The van der Waals surface area contributed by atoms with Gasteiger partial charge < -0.3 is 15.4 Å². The van der Waals surface area contributed by atoms with Crippen molar-refractivity contribution in [1.82, 2.24) is 5.32 Å². The van der Waals surface area contributed by atoms with Gasteiger partial charge in [-0.1, -0.05) is 35.9 Å². The van der Waals surface area contributed by atoms with Crippen molar-refractivity contribution in [2.75, 3.05) is 18.4 Å². The fraction of sp³-hybridized carbons (Fsp3) is 0.208. The number of nitrogens with one attached hydrogen (secondary N) is 2. The van der Waals surface area contributed by atoms with Crippen LogP contribution in [0.1, 0.15) is 22.3 Å². The fourth-order valence-electron chi connectivity index (χ4n) is 3.57. The second-order valence-corrected chi connectivity index (χ2v) is 7.46. The minimum atomic E-state index is 0.581. The SMILES string of the molecule is N#Cc1cccc(Oc2ccc(CNc3c(Cl)ccc4c3CCNCC4)cc2)c1. The second kappa shape index (κ2) is 9.00. The zero-order chi connectivity index (χ0) is 20.1. The Morgan fingerprint density at radius 2 is 1.83 bits per heavy atom. The molecule has 29 heavy (non-hydrogen) atoms. The molecule has 2 N–H and O–H groups in total. The van der Waals surface area contributed by atoms with Crippen LogP contribution in [0.4, 0.5) is 5.69 Å². The number of benzene rings is 3. The van der Waals surface area contributed by atoms with Gasteiger partial charge in [-0.25, -0.2) is 0 Å². The van der Waals surface area contributed by atoms with E-state index >= 15 is 0 Å². The van der Waals surface area contributed by atoms with E-state index in [1.165, 1.54) is 11.1 Å². The largest absolute Gasteiger partial charge is 0.457 e. The molecule has 146 valence electrons. The molecule has 0 atom stereocenters. The van der Waals surface area contributed by atoms with Crippen molar-refractivity contribution in [2.45, 2.75) is 19.4 Å². The normalized spacial score (nSPS) is 13.1. The van der Waals surface area contributed by atoms with Crippen molar-refractivity contribution in [3.63, 3.8) is 0 Å². The maximum absolute atomic E-state index is 9.00. The lowest BCUT2D eigenvalue weighted by atomic mass is 10.0. The topological polar surface area (TPSA) is 57.1 Å². The molecular formula is C24H22ClN3O. The van der Waals surface area contributed by atoms with Crippen LogP contribution in [0.3, 0.4) is 0 Å². The van der Waals surface area contributed by atoms with Crippen LogP contribution in [0.25, 0.3) is 0 Å². The number of nitriles is 1. The summed E-state index contributed by atoms with van der Waals surface area (Å²) < 4.78 is 5.85. The number of anilines is 1. The summed E-state index contributed by atoms with van der Waals surface area (Å²) in [6.07, 6.45) is 2.01. The van der Waals surface area contributed by atoms with Gasteiger partial charge in [-0.2, -0.15) is 5.26 Å². The first kappa shape index (κ1) is 19.3. The Balaban J connectivity index is 1.44. The Morgan fingerprint density at radius 3 is 2.66 bits per heavy atom. The number of ether oxygens (including phenoxy) is 1. The quantitative estimate of drug-likeness (QED) is 0.606. The van der Waals surface area contributed by atoms with Gasteiger partial charge in [-0.05, 0) is 79.0 Å². The first-order valence-corrected chi connectivity index (χ1v) is 10.1. The van der Waals surface area contributed by atoms with E-state index in [9.17, 15) is 0 Å². The summed E-state index contributed by atoms with van der Waals surface area (Å²) in [6.45, 7) is 2.67. The van der Waals surface area contributed by atoms with Gasteiger partial charge in [0.15, 0.2) is 0 Å². The number of halogens is 1. The van der Waals surface area contributed by atoms with E-state index in [1.54, 1.807) is 12.1 Å². The van der Waals surface area contributed by atoms with E-state index in [0.29, 0.717) is 17.9 Å². The Kier molecular flexibility index (Phi) is 6.00. The lowest BCUT2D eigenvalue weighted by molar-refractivity contribution is 0.482. The van der Waals surface area contributed by atoms with Crippen LogP contribution in [-0.4, -0.2) is 13.1 Å². The molecule has 5 heteroatoms. The molecule has 0 saturated heterocycles. The number of fused-ring (bicyclic) bond motifs is 1. The average molecular weight is 404 g/mol. The predicted octanol–water partition coefficient (Wildman–Crippen LogP) is 5.30. The Bertz CT molecular complexity index is 1040. The molecule has 1 aliphatic rings. The molecule has 0 radical (unpaired) electrons. The van der Waals surface area contributed by atoms with Gasteiger partial charge >= 0.3 is 0 Å². The van der Waals surface area contributed by atoms with Crippen molar-refractivity contribution in [3.8, 4) is 17.6 Å². The predicted molar refractivity (Wildman–Crippen MR) is 117 cm³/mol. The molecule has 0 aliphatic carbocycles. The van der Waals surface area contributed by atoms with E-state index in [4.69, 9.17) is 21.6 Å². The van der Waals surface area contributed by atoms with Crippen molar-refractivity contribution in [1.29, 1.82) is 5.26 Å². The summed E-state index contributed by atoms with van der Waals surface area (Å²) in [4.78, 5) is 0. The van der Waals surface area contributed by atoms with Gasteiger partial charge in [0, 0.05) is 6.54 Å². The van der Waals surface area contributed by atoms with Crippen LogP contribution < -0.4 is 15.4 Å². The molecule has 0 spiro atoms. The van der Waals surface area contributed by atoms with Crippen LogP contribution >= 0.6 is 11.6 Å². The van der Waals surface area contributed by atoms with Crippen LogP contribution in [0.15, 0.2) is 60.7 Å². The van der Waals surface area contributed by atoms with Crippen molar-refractivity contribution in [3.05, 3.63) is 87.9 Å². The second-order valence-electron chi connectivity index (χ2n) is 7.05. The average Bonchev–Trinajstić information content (AvgIpc) is 3.00. The minimum absolute atomic E-state index is 0.581. The van der Waals surface area contributed by atoms with E-state index in [0.717, 1.165) is 48.0 Å². The zero-order valence-electron chi connectivity index (χ0n) is 16.0. The molecule has 0 fully saturated rings. The molecule has 1 aliphatic heterocycles. The summed E-state index contributed by atoms with van der Waals surface area (Å²) in [7, 11) is 0. The smallest absolute Gasteiger partial charge is 0.128 e. The maximum Gasteiger partial charge on any atom is 0.128 e. The highest BCUT2D eigenvalue weighted by Crippen LogP contribution is 2.31. The first-order chi connectivity index (χ1) is 14.2. The highest BCUT2D eigenvalue weighted by Gasteiger charge is 2.14. The first-order valence-electron chi connectivity index (χ1n) is 9.75. The molecule has 0 unspecified atom stereocenters. The number of nitrogens with zero attached hydrogens (tertiary/aromatic N) is 1. The maximum atomic E-state index is 9.00. The van der Waals surface area contributed by atoms with E-state index < -0.39 is 0 Å². The number of rotatable bonds is 5. The van der Waals surface area contributed by atoms with Gasteiger partial charge in [-0.3, -0.25) is 0 Å². The van der Waals surface area contributed by atoms with Crippen LogP contribution in [0, 0.1) is 11.3 Å². The monoisotopic (exact) mass is 403 g/mol. The van der Waals surface area contributed by atoms with Crippen molar-refractivity contribution < 1.29 is 4.74 Å². The molecule has 4 nitrogen and oxygen atoms in total. The Morgan fingerprint density at radius 1 is 1.00 bits per heavy atom. The zero-order valence-corrected chi connectivity index (χ0v) is 16.8. The molecule has 0 amide bonds. The summed E-state index contributed by atoms with van der Waals surface area (Å²) >= 11 is 6.50. The Labute approximate surface area is 176 Å². The number of hydrogen-bond acceptors (Lipinski definition) is 4. The lowest BCUT2D eigenvalue weighted by Gasteiger charge is -2.16. The van der Waals surface area contributed by atoms with E-state index in [2.05, 4.69) is 22.8 Å². The molecule has 3 aromatic carbocycles. The highest BCUT2D eigenvalue weighted by atomic mass is 35.5. The lowest BCUT2D eigenvalue weighted by Crippen LogP contribution is -2.16. The van der Waals surface area contributed by atoms with Gasteiger partial charge in [0.2, 0.25) is 0 Å². The molecule has 0 saturated carbocycles. The van der Waals surface area contributed by atoms with E-state index in [1.807, 2.05) is 42.5 Å². The summed E-state index contributed by atoms with van der Waals surface area (Å²) in [5.41, 5.74) is 5.45. The van der Waals surface area contributed by atoms with Crippen LogP contribution in [-0.2, 0) is 19.4 Å². The fourth-order valence-corrected chi connectivity index (χ4v) is 3.81. The van der Waals surface area contributed by atoms with Crippen LogP contribution in [0.2, 0.25) is 5.02 Å². The summed E-state index contributed by atoms with van der Waals surface area (Å²) in [6, 6.07) is 21.3. The third-order valence-corrected chi connectivity index (χ3v) is 5.39. The minimum Gasteiger partial charge on any atom is -0.457 e. The van der Waals surface area contributed by atoms with E-state index in [-0.39, 0.29) is 0 Å². The van der Waals surface area contributed by atoms with Crippen LogP contribution in [0.5, 0.6) is 11.5 Å².